The molecule has 0 saturated heterocycles. The number of methoxy groups -OCH3 is 3. The Morgan fingerprint density at radius 2 is 1.43 bits per heavy atom. The molecular formula is C16H16Br2O3. The van der Waals surface area contributed by atoms with Crippen LogP contribution in [0.25, 0.3) is 0 Å². The lowest BCUT2D eigenvalue weighted by Crippen LogP contribution is -2.01. The molecule has 3 nitrogen and oxygen atoms in total. The number of rotatable bonds is 5. The molecule has 0 aliphatic carbocycles. The quantitative estimate of drug-likeness (QED) is 0.646. The van der Waals surface area contributed by atoms with Crippen LogP contribution in [0.15, 0.2) is 40.9 Å². The second kappa shape index (κ2) is 7.18. The third-order valence-corrected chi connectivity index (χ3v) is 4.80. The van der Waals surface area contributed by atoms with Crippen molar-refractivity contribution in [3.05, 3.63) is 52.0 Å². The maximum Gasteiger partial charge on any atom is 0.133 e. The highest BCUT2D eigenvalue weighted by Crippen LogP contribution is 2.43. The van der Waals surface area contributed by atoms with E-state index in [1.807, 2.05) is 36.4 Å². The summed E-state index contributed by atoms with van der Waals surface area (Å²) in [6, 6.07) is 11.7. The Hall–Kier alpha value is -1.20. The molecule has 0 fully saturated rings. The molecule has 0 bridgehead atoms. The van der Waals surface area contributed by atoms with Crippen molar-refractivity contribution in [1.29, 1.82) is 0 Å². The van der Waals surface area contributed by atoms with E-state index in [9.17, 15) is 0 Å². The first kappa shape index (κ1) is 16.2. The molecule has 1 atom stereocenters. The first-order valence-corrected chi connectivity index (χ1v) is 8.01. The van der Waals surface area contributed by atoms with Crippen molar-refractivity contribution in [3.8, 4) is 17.2 Å². The predicted octanol–water partition coefficient (Wildman–Crippen LogP) is 4.96. The SMILES string of the molecule is COc1cc(C(Br)c2ccccc2OC)c(OC)cc1Br. The minimum absolute atomic E-state index is 0.0643. The van der Waals surface area contributed by atoms with Gasteiger partial charge in [-0.2, -0.15) is 0 Å². The van der Waals surface area contributed by atoms with Gasteiger partial charge in [0.2, 0.25) is 0 Å². The molecule has 0 saturated carbocycles. The standard InChI is InChI=1S/C16H16Br2O3/c1-19-13-7-5-4-6-10(13)16(18)11-8-15(21-3)12(17)9-14(11)20-2/h4-9,16H,1-3H3. The number of hydrogen-bond donors (Lipinski definition) is 0. The lowest BCUT2D eigenvalue weighted by atomic mass is 10.0. The van der Waals surface area contributed by atoms with Crippen molar-refractivity contribution in [3.63, 3.8) is 0 Å². The minimum Gasteiger partial charge on any atom is -0.496 e. The molecular weight excluding hydrogens is 400 g/mol. The summed E-state index contributed by atoms with van der Waals surface area (Å²) in [6.07, 6.45) is 0. The molecule has 0 amide bonds. The van der Waals surface area contributed by atoms with Crippen LogP contribution in [0.3, 0.4) is 0 Å². The highest BCUT2D eigenvalue weighted by atomic mass is 79.9. The summed E-state index contributed by atoms with van der Waals surface area (Å²) in [6.45, 7) is 0. The highest BCUT2D eigenvalue weighted by Gasteiger charge is 2.20. The molecule has 0 aliphatic rings. The highest BCUT2D eigenvalue weighted by molar-refractivity contribution is 9.10. The van der Waals surface area contributed by atoms with Gasteiger partial charge in [0.1, 0.15) is 17.2 Å². The van der Waals surface area contributed by atoms with E-state index in [-0.39, 0.29) is 4.83 Å². The molecule has 0 N–H and O–H groups in total. The van der Waals surface area contributed by atoms with Crippen LogP contribution in [0.4, 0.5) is 0 Å². The summed E-state index contributed by atoms with van der Waals surface area (Å²) in [5, 5.41) is 0. The lowest BCUT2D eigenvalue weighted by molar-refractivity contribution is 0.395. The van der Waals surface area contributed by atoms with Crippen molar-refractivity contribution in [2.45, 2.75) is 4.83 Å². The largest absolute Gasteiger partial charge is 0.496 e. The number of para-hydroxylation sites is 1. The van der Waals surface area contributed by atoms with E-state index < -0.39 is 0 Å². The fourth-order valence-corrected chi connectivity index (χ4v) is 3.35. The van der Waals surface area contributed by atoms with Crippen LogP contribution in [0.1, 0.15) is 16.0 Å². The van der Waals surface area contributed by atoms with Crippen molar-refractivity contribution in [1.82, 2.24) is 0 Å². The molecule has 0 radical (unpaired) electrons. The van der Waals surface area contributed by atoms with E-state index in [1.165, 1.54) is 0 Å². The van der Waals surface area contributed by atoms with Gasteiger partial charge in [0.05, 0.1) is 30.6 Å². The van der Waals surface area contributed by atoms with Gasteiger partial charge < -0.3 is 14.2 Å². The Labute approximate surface area is 141 Å². The molecule has 0 heterocycles. The number of benzene rings is 2. The molecule has 0 aromatic heterocycles. The summed E-state index contributed by atoms with van der Waals surface area (Å²) < 4.78 is 17.1. The van der Waals surface area contributed by atoms with E-state index in [4.69, 9.17) is 14.2 Å². The second-order valence-corrected chi connectivity index (χ2v) is 6.10. The van der Waals surface area contributed by atoms with Gasteiger partial charge in [-0.25, -0.2) is 0 Å². The van der Waals surface area contributed by atoms with Crippen LogP contribution in [0.5, 0.6) is 17.2 Å². The second-order valence-electron chi connectivity index (χ2n) is 4.33. The summed E-state index contributed by atoms with van der Waals surface area (Å²) in [4.78, 5) is -0.0643. The number of hydrogen-bond acceptors (Lipinski definition) is 3. The lowest BCUT2D eigenvalue weighted by Gasteiger charge is -2.18. The zero-order valence-corrected chi connectivity index (χ0v) is 15.2. The summed E-state index contributed by atoms with van der Waals surface area (Å²) in [5.41, 5.74) is 2.00. The molecule has 2 rings (SSSR count). The van der Waals surface area contributed by atoms with Crippen LogP contribution in [0, 0.1) is 0 Å². The van der Waals surface area contributed by atoms with E-state index in [2.05, 4.69) is 31.9 Å². The minimum atomic E-state index is -0.0643. The molecule has 2 aromatic carbocycles. The molecule has 0 aliphatic heterocycles. The van der Waals surface area contributed by atoms with Gasteiger partial charge in [-0.05, 0) is 34.1 Å². The fourth-order valence-electron chi connectivity index (χ4n) is 2.13. The van der Waals surface area contributed by atoms with Gasteiger partial charge in [0.25, 0.3) is 0 Å². The third-order valence-electron chi connectivity index (χ3n) is 3.19. The Kier molecular flexibility index (Phi) is 5.53. The first-order valence-electron chi connectivity index (χ1n) is 6.30. The number of alkyl halides is 1. The monoisotopic (exact) mass is 414 g/mol. The van der Waals surface area contributed by atoms with Crippen molar-refractivity contribution >= 4 is 31.9 Å². The van der Waals surface area contributed by atoms with E-state index in [1.54, 1.807) is 21.3 Å². The first-order chi connectivity index (χ1) is 10.1. The Morgan fingerprint density at radius 3 is 2.05 bits per heavy atom. The van der Waals surface area contributed by atoms with Crippen molar-refractivity contribution < 1.29 is 14.2 Å². The Balaban J connectivity index is 2.54. The van der Waals surface area contributed by atoms with Crippen molar-refractivity contribution in [2.24, 2.45) is 0 Å². The molecule has 21 heavy (non-hydrogen) atoms. The van der Waals surface area contributed by atoms with Crippen LogP contribution < -0.4 is 14.2 Å². The average Bonchev–Trinajstić information content (AvgIpc) is 2.53. The molecule has 1 unspecified atom stereocenters. The van der Waals surface area contributed by atoms with Gasteiger partial charge >= 0.3 is 0 Å². The van der Waals surface area contributed by atoms with Crippen LogP contribution in [-0.2, 0) is 0 Å². The molecule has 2 aromatic rings. The third kappa shape index (κ3) is 3.35. The Morgan fingerprint density at radius 1 is 0.810 bits per heavy atom. The maximum absolute atomic E-state index is 5.49. The van der Waals surface area contributed by atoms with Gasteiger partial charge in [0, 0.05) is 11.1 Å². The molecule has 0 spiro atoms. The number of halogens is 2. The number of ether oxygens (including phenoxy) is 3. The van der Waals surface area contributed by atoms with Gasteiger partial charge in [0.15, 0.2) is 0 Å². The summed E-state index contributed by atoms with van der Waals surface area (Å²) in [7, 11) is 4.96. The molecule has 112 valence electrons. The average molecular weight is 416 g/mol. The zero-order chi connectivity index (χ0) is 15.4. The normalized spacial score (nSPS) is 11.9. The smallest absolute Gasteiger partial charge is 0.133 e. The fraction of sp³-hybridized carbons (Fsp3) is 0.250. The van der Waals surface area contributed by atoms with Crippen molar-refractivity contribution in [2.75, 3.05) is 21.3 Å². The topological polar surface area (TPSA) is 27.7 Å². The Bertz CT molecular complexity index is 629. The van der Waals surface area contributed by atoms with Crippen LogP contribution in [-0.4, -0.2) is 21.3 Å². The van der Waals surface area contributed by atoms with Gasteiger partial charge in [-0.1, -0.05) is 34.1 Å². The summed E-state index contributed by atoms with van der Waals surface area (Å²) in [5.74, 6) is 2.35. The van der Waals surface area contributed by atoms with Crippen LogP contribution in [0.2, 0.25) is 0 Å². The molecule has 5 heteroatoms. The van der Waals surface area contributed by atoms with E-state index >= 15 is 0 Å². The van der Waals surface area contributed by atoms with Crippen LogP contribution >= 0.6 is 31.9 Å². The van der Waals surface area contributed by atoms with E-state index in [0.717, 1.165) is 32.8 Å². The maximum atomic E-state index is 5.49. The predicted molar refractivity (Wildman–Crippen MR) is 91.0 cm³/mol. The summed E-state index contributed by atoms with van der Waals surface area (Å²) >= 11 is 7.21. The van der Waals surface area contributed by atoms with Gasteiger partial charge in [-0.3, -0.25) is 0 Å². The van der Waals surface area contributed by atoms with E-state index in [0.29, 0.717) is 0 Å². The zero-order valence-electron chi connectivity index (χ0n) is 12.0. The van der Waals surface area contributed by atoms with Gasteiger partial charge in [-0.15, -0.1) is 0 Å².